The van der Waals surface area contributed by atoms with Crippen LogP contribution in [0, 0.1) is 0 Å². The van der Waals surface area contributed by atoms with Crippen molar-refractivity contribution in [2.24, 2.45) is 0 Å². The van der Waals surface area contributed by atoms with Gasteiger partial charge in [-0.05, 0) is 17.7 Å². The molecule has 1 aliphatic heterocycles. The summed E-state index contributed by atoms with van der Waals surface area (Å²) in [5.74, 6) is 0.556. The Morgan fingerprint density at radius 1 is 1.20 bits per heavy atom. The molecular formula is C15H14N2OS2. The Kier molecular flexibility index (Phi) is 3.74. The summed E-state index contributed by atoms with van der Waals surface area (Å²) in [6.07, 6.45) is 3.51. The molecule has 2 aromatic rings. The molecule has 2 heterocycles. The normalized spacial score (nSPS) is 22.2. The summed E-state index contributed by atoms with van der Waals surface area (Å²) in [5.41, 5.74) is 0.923. The first-order chi connectivity index (χ1) is 9.70. The first-order valence-electron chi connectivity index (χ1n) is 6.31. The molecule has 0 saturated carbocycles. The average molecular weight is 302 g/mol. The van der Waals surface area contributed by atoms with E-state index in [1.807, 2.05) is 47.4 Å². The number of thiocarbonyl (C=S) groups is 1. The molecule has 20 heavy (non-hydrogen) atoms. The number of rotatable bonds is 3. The van der Waals surface area contributed by atoms with Crippen LogP contribution in [0.3, 0.4) is 0 Å². The Bertz CT molecular complexity index is 606. The van der Waals surface area contributed by atoms with E-state index < -0.39 is 5.72 Å². The Morgan fingerprint density at radius 3 is 2.60 bits per heavy atom. The number of thioether (sulfide) groups is 1. The van der Waals surface area contributed by atoms with E-state index in [2.05, 4.69) is 4.98 Å². The lowest BCUT2D eigenvalue weighted by Crippen LogP contribution is -2.43. The first kappa shape index (κ1) is 13.5. The van der Waals surface area contributed by atoms with Crippen molar-refractivity contribution in [2.75, 3.05) is 5.75 Å². The van der Waals surface area contributed by atoms with Gasteiger partial charge < -0.3 is 10.0 Å². The van der Waals surface area contributed by atoms with Crippen molar-refractivity contribution in [2.45, 2.75) is 12.3 Å². The number of hydrogen-bond acceptors (Lipinski definition) is 4. The minimum atomic E-state index is -1.04. The molecule has 0 radical (unpaired) electrons. The molecule has 1 saturated heterocycles. The summed E-state index contributed by atoms with van der Waals surface area (Å²) >= 11 is 6.92. The fourth-order valence-electron chi connectivity index (χ4n) is 2.28. The van der Waals surface area contributed by atoms with Gasteiger partial charge in [0.25, 0.3) is 0 Å². The van der Waals surface area contributed by atoms with Crippen molar-refractivity contribution in [3.63, 3.8) is 0 Å². The van der Waals surface area contributed by atoms with E-state index in [9.17, 15) is 5.11 Å². The molecule has 3 nitrogen and oxygen atoms in total. The zero-order valence-electron chi connectivity index (χ0n) is 10.8. The van der Waals surface area contributed by atoms with Gasteiger partial charge in [0.1, 0.15) is 4.32 Å². The number of aromatic nitrogens is 1. The smallest absolute Gasteiger partial charge is 0.175 e. The zero-order valence-corrected chi connectivity index (χ0v) is 12.4. The highest BCUT2D eigenvalue weighted by atomic mass is 32.2. The molecule has 0 bridgehead atoms. The quantitative estimate of drug-likeness (QED) is 0.882. The van der Waals surface area contributed by atoms with Gasteiger partial charge in [0.15, 0.2) is 5.72 Å². The number of hydrogen-bond donors (Lipinski definition) is 1. The second-order valence-electron chi connectivity index (χ2n) is 4.68. The molecule has 1 unspecified atom stereocenters. The third-order valence-corrected chi connectivity index (χ3v) is 4.98. The maximum atomic E-state index is 11.1. The van der Waals surface area contributed by atoms with Gasteiger partial charge in [0.2, 0.25) is 0 Å². The van der Waals surface area contributed by atoms with Crippen molar-refractivity contribution < 1.29 is 5.11 Å². The number of benzene rings is 1. The molecule has 1 N–H and O–H groups in total. The molecule has 0 amide bonds. The van der Waals surface area contributed by atoms with Crippen LogP contribution in [0.25, 0.3) is 0 Å². The van der Waals surface area contributed by atoms with E-state index in [0.29, 0.717) is 12.3 Å². The highest BCUT2D eigenvalue weighted by molar-refractivity contribution is 8.23. The molecular weight excluding hydrogens is 288 g/mol. The van der Waals surface area contributed by atoms with Crippen molar-refractivity contribution in [3.05, 3.63) is 66.0 Å². The van der Waals surface area contributed by atoms with Gasteiger partial charge in [0.05, 0.1) is 5.75 Å². The van der Waals surface area contributed by atoms with Crippen molar-refractivity contribution in [1.29, 1.82) is 0 Å². The highest BCUT2D eigenvalue weighted by Crippen LogP contribution is 2.39. The molecule has 102 valence electrons. The summed E-state index contributed by atoms with van der Waals surface area (Å²) in [7, 11) is 0. The van der Waals surface area contributed by atoms with Gasteiger partial charge in [-0.2, -0.15) is 0 Å². The molecule has 1 aliphatic rings. The third kappa shape index (κ3) is 2.44. The third-order valence-electron chi connectivity index (χ3n) is 3.39. The summed E-state index contributed by atoms with van der Waals surface area (Å²) in [6.45, 7) is 0.583. The Morgan fingerprint density at radius 2 is 1.90 bits per heavy atom. The zero-order chi connectivity index (χ0) is 14.0. The van der Waals surface area contributed by atoms with Crippen LogP contribution in [0.15, 0.2) is 54.9 Å². The number of nitrogens with zero attached hydrogens (tertiary/aromatic N) is 2. The van der Waals surface area contributed by atoms with Crippen LogP contribution in [-0.4, -0.2) is 25.1 Å². The Hall–Kier alpha value is -1.43. The second kappa shape index (κ2) is 5.52. The molecule has 1 fully saturated rings. The molecule has 5 heteroatoms. The van der Waals surface area contributed by atoms with Crippen LogP contribution < -0.4 is 0 Å². The topological polar surface area (TPSA) is 36.4 Å². The molecule has 0 aliphatic carbocycles. The lowest BCUT2D eigenvalue weighted by Gasteiger charge is -2.34. The minimum absolute atomic E-state index is 0.556. The SMILES string of the molecule is OC1(c2ccccc2)CSC(=S)N1Cc1ccncc1. The first-order valence-corrected chi connectivity index (χ1v) is 7.71. The van der Waals surface area contributed by atoms with Crippen LogP contribution in [0.5, 0.6) is 0 Å². The summed E-state index contributed by atoms with van der Waals surface area (Å²) in [5, 5.41) is 11.1. The van der Waals surface area contributed by atoms with E-state index in [1.165, 1.54) is 11.8 Å². The van der Waals surface area contributed by atoms with E-state index in [0.717, 1.165) is 15.4 Å². The van der Waals surface area contributed by atoms with Crippen LogP contribution in [0.1, 0.15) is 11.1 Å². The lowest BCUT2D eigenvalue weighted by molar-refractivity contribution is -0.0508. The summed E-state index contributed by atoms with van der Waals surface area (Å²) in [4.78, 5) is 5.90. The lowest BCUT2D eigenvalue weighted by atomic mass is 10.0. The molecule has 0 spiro atoms. The van der Waals surface area contributed by atoms with Crippen LogP contribution in [0.2, 0.25) is 0 Å². The van der Waals surface area contributed by atoms with Crippen LogP contribution in [-0.2, 0) is 12.3 Å². The predicted octanol–water partition coefficient (Wildman–Crippen LogP) is 2.76. The number of pyridine rings is 1. The molecule has 1 atom stereocenters. The number of aliphatic hydroxyl groups is 1. The van der Waals surface area contributed by atoms with Crippen LogP contribution >= 0.6 is 24.0 Å². The van der Waals surface area contributed by atoms with E-state index in [4.69, 9.17) is 12.2 Å². The van der Waals surface area contributed by atoms with Gasteiger partial charge in [0, 0.05) is 24.5 Å². The molecule has 1 aromatic heterocycles. The summed E-state index contributed by atoms with van der Waals surface area (Å²) < 4.78 is 0.730. The molecule has 1 aromatic carbocycles. The fraction of sp³-hybridized carbons (Fsp3) is 0.200. The molecule has 3 rings (SSSR count). The summed E-state index contributed by atoms with van der Waals surface area (Å²) in [6, 6.07) is 13.6. The van der Waals surface area contributed by atoms with Gasteiger partial charge in [-0.25, -0.2) is 0 Å². The Labute approximate surface area is 127 Å². The second-order valence-corrected chi connectivity index (χ2v) is 6.29. The van der Waals surface area contributed by atoms with Crippen molar-refractivity contribution in [3.8, 4) is 0 Å². The van der Waals surface area contributed by atoms with E-state index in [-0.39, 0.29) is 0 Å². The van der Waals surface area contributed by atoms with E-state index >= 15 is 0 Å². The van der Waals surface area contributed by atoms with Crippen molar-refractivity contribution in [1.82, 2.24) is 9.88 Å². The fourth-order valence-corrected chi connectivity index (χ4v) is 3.69. The predicted molar refractivity (Wildman–Crippen MR) is 85.2 cm³/mol. The van der Waals surface area contributed by atoms with Crippen molar-refractivity contribution >= 4 is 28.3 Å². The van der Waals surface area contributed by atoms with Gasteiger partial charge in [-0.3, -0.25) is 4.98 Å². The standard InChI is InChI=1S/C15H14N2OS2/c18-15(13-4-2-1-3-5-13)11-20-14(19)17(15)10-12-6-8-16-9-7-12/h1-9,18H,10-11H2. The largest absolute Gasteiger partial charge is 0.366 e. The van der Waals surface area contributed by atoms with Gasteiger partial charge in [-0.1, -0.05) is 54.3 Å². The maximum Gasteiger partial charge on any atom is 0.175 e. The van der Waals surface area contributed by atoms with Gasteiger partial charge in [-0.15, -0.1) is 0 Å². The van der Waals surface area contributed by atoms with E-state index in [1.54, 1.807) is 12.4 Å². The highest BCUT2D eigenvalue weighted by Gasteiger charge is 2.43. The monoisotopic (exact) mass is 302 g/mol. The van der Waals surface area contributed by atoms with Crippen LogP contribution in [0.4, 0.5) is 0 Å². The Balaban J connectivity index is 1.93. The average Bonchev–Trinajstić information content (AvgIpc) is 2.79. The van der Waals surface area contributed by atoms with Gasteiger partial charge >= 0.3 is 0 Å². The minimum Gasteiger partial charge on any atom is -0.366 e. The maximum absolute atomic E-state index is 11.1.